The lowest BCUT2D eigenvalue weighted by Gasteiger charge is -2.18. The Morgan fingerprint density at radius 3 is 2.59 bits per heavy atom. The summed E-state index contributed by atoms with van der Waals surface area (Å²) in [4.78, 5) is 17.8. The van der Waals surface area contributed by atoms with Crippen molar-refractivity contribution in [1.29, 1.82) is 0 Å². The molecule has 0 radical (unpaired) electrons. The average molecular weight is 294 g/mol. The van der Waals surface area contributed by atoms with Crippen LogP contribution in [0.15, 0.2) is 41.2 Å². The predicted molar refractivity (Wildman–Crippen MR) is 89.9 cm³/mol. The average Bonchev–Trinajstić information content (AvgIpc) is 2.90. The van der Waals surface area contributed by atoms with E-state index in [4.69, 9.17) is 0 Å². The highest BCUT2D eigenvalue weighted by Crippen LogP contribution is 2.33. The summed E-state index contributed by atoms with van der Waals surface area (Å²) in [5.41, 5.74) is 3.06. The van der Waals surface area contributed by atoms with Crippen molar-refractivity contribution in [3.63, 3.8) is 0 Å². The Morgan fingerprint density at radius 1 is 1.14 bits per heavy atom. The summed E-state index contributed by atoms with van der Waals surface area (Å²) < 4.78 is 0. The van der Waals surface area contributed by atoms with Gasteiger partial charge in [0.1, 0.15) is 0 Å². The molecule has 22 heavy (non-hydrogen) atoms. The lowest BCUT2D eigenvalue weighted by Crippen LogP contribution is -2.25. The number of pyridine rings is 1. The number of nitrogens with one attached hydrogen (secondary N) is 1. The smallest absolute Gasteiger partial charge is 0.252 e. The summed E-state index contributed by atoms with van der Waals surface area (Å²) in [5.74, 6) is 1.57. The van der Waals surface area contributed by atoms with Gasteiger partial charge in [-0.2, -0.15) is 0 Å². The Morgan fingerprint density at radius 2 is 1.86 bits per heavy atom. The van der Waals surface area contributed by atoms with Gasteiger partial charge in [0, 0.05) is 30.7 Å². The molecule has 1 aromatic carbocycles. The van der Waals surface area contributed by atoms with Crippen LogP contribution in [0.2, 0.25) is 0 Å². The van der Waals surface area contributed by atoms with Crippen molar-refractivity contribution in [2.75, 3.05) is 13.1 Å². The molecule has 2 heterocycles. The summed E-state index contributed by atoms with van der Waals surface area (Å²) in [5, 5.41) is 1.12. The molecule has 114 valence electrons. The van der Waals surface area contributed by atoms with E-state index in [2.05, 4.69) is 40.2 Å². The van der Waals surface area contributed by atoms with E-state index >= 15 is 0 Å². The minimum Gasteiger partial charge on any atom is -0.322 e. The number of hydrogen-bond acceptors (Lipinski definition) is 2. The highest BCUT2D eigenvalue weighted by Gasteiger charge is 2.32. The predicted octanol–water partition coefficient (Wildman–Crippen LogP) is 3.23. The topological polar surface area (TPSA) is 36.1 Å². The second-order valence-electron chi connectivity index (χ2n) is 6.87. The molecule has 2 aromatic rings. The molecule has 1 aliphatic carbocycles. The van der Waals surface area contributed by atoms with E-state index in [1.165, 1.54) is 18.4 Å². The molecular weight excluding hydrogens is 272 g/mol. The lowest BCUT2D eigenvalue weighted by molar-refractivity contribution is 0.313. The molecule has 1 N–H and O–H groups in total. The molecule has 1 aromatic heterocycles. The number of allylic oxidation sites excluding steroid dienone is 2. The number of aromatic nitrogens is 1. The van der Waals surface area contributed by atoms with Gasteiger partial charge in [-0.05, 0) is 54.7 Å². The number of nitrogens with zero attached hydrogens (tertiary/aromatic N) is 1. The Kier molecular flexibility index (Phi) is 3.38. The minimum absolute atomic E-state index is 0.0612. The van der Waals surface area contributed by atoms with Crippen molar-refractivity contribution >= 4 is 10.9 Å². The number of aromatic amines is 1. The van der Waals surface area contributed by atoms with Gasteiger partial charge in [-0.15, -0.1) is 0 Å². The molecule has 2 atom stereocenters. The highest BCUT2D eigenvalue weighted by atomic mass is 16.1. The van der Waals surface area contributed by atoms with Crippen LogP contribution in [0.5, 0.6) is 0 Å². The molecule has 0 unspecified atom stereocenters. The third kappa shape index (κ3) is 2.50. The van der Waals surface area contributed by atoms with E-state index in [0.29, 0.717) is 0 Å². The van der Waals surface area contributed by atoms with Crippen LogP contribution >= 0.6 is 0 Å². The molecule has 1 saturated heterocycles. The maximum atomic E-state index is 12.4. The van der Waals surface area contributed by atoms with Crippen molar-refractivity contribution in [1.82, 2.24) is 9.88 Å². The second kappa shape index (κ2) is 5.40. The molecule has 0 spiro atoms. The van der Waals surface area contributed by atoms with Crippen LogP contribution in [0.4, 0.5) is 0 Å². The zero-order chi connectivity index (χ0) is 15.1. The second-order valence-corrected chi connectivity index (χ2v) is 6.87. The molecule has 2 aliphatic rings. The first-order chi connectivity index (χ1) is 10.7. The van der Waals surface area contributed by atoms with Crippen molar-refractivity contribution in [3.05, 3.63) is 57.9 Å². The van der Waals surface area contributed by atoms with E-state index in [9.17, 15) is 4.79 Å². The number of fused-ring (bicyclic) bond motifs is 2. The Balaban J connectivity index is 1.58. The summed E-state index contributed by atoms with van der Waals surface area (Å²) >= 11 is 0. The maximum Gasteiger partial charge on any atom is 0.252 e. The Labute approximate surface area is 130 Å². The van der Waals surface area contributed by atoms with Crippen LogP contribution < -0.4 is 5.56 Å². The van der Waals surface area contributed by atoms with Crippen LogP contribution in [-0.4, -0.2) is 23.0 Å². The number of H-pyrrole nitrogens is 1. The molecule has 3 nitrogen and oxygen atoms in total. The SMILES string of the molecule is Cc1ccc2cc(CN3C[C@H]4CC=CC[C@H]4C3)c(=O)[nH]c2c1. The van der Waals surface area contributed by atoms with Gasteiger partial charge in [-0.25, -0.2) is 0 Å². The number of benzene rings is 1. The zero-order valence-electron chi connectivity index (χ0n) is 13.0. The third-order valence-electron chi connectivity index (χ3n) is 5.17. The molecule has 1 aliphatic heterocycles. The van der Waals surface area contributed by atoms with Gasteiger partial charge in [0.2, 0.25) is 0 Å². The first-order valence-electron chi connectivity index (χ1n) is 8.19. The van der Waals surface area contributed by atoms with Gasteiger partial charge in [0.15, 0.2) is 0 Å². The van der Waals surface area contributed by atoms with Crippen molar-refractivity contribution in [2.24, 2.45) is 11.8 Å². The summed E-state index contributed by atoms with van der Waals surface area (Å²) in [6, 6.07) is 8.29. The van der Waals surface area contributed by atoms with E-state index in [-0.39, 0.29) is 5.56 Å². The van der Waals surface area contributed by atoms with Gasteiger partial charge in [0.25, 0.3) is 5.56 Å². The summed E-state index contributed by atoms with van der Waals surface area (Å²) in [6.07, 6.45) is 7.04. The fourth-order valence-electron chi connectivity index (χ4n) is 3.96. The number of hydrogen-bond donors (Lipinski definition) is 1. The van der Waals surface area contributed by atoms with Gasteiger partial charge in [-0.1, -0.05) is 24.3 Å². The normalized spacial score (nSPS) is 24.8. The molecular formula is C19H22N2O. The Bertz CT molecular complexity index is 774. The standard InChI is InChI=1S/C19H22N2O/c1-13-6-7-14-9-17(19(22)20-18(14)8-13)12-21-10-15-4-2-3-5-16(15)11-21/h2-3,6-9,15-16H,4-5,10-12H2,1H3,(H,20,22)/t15-,16+. The molecule has 1 fully saturated rings. The van der Waals surface area contributed by atoms with E-state index in [0.717, 1.165) is 47.9 Å². The molecule has 3 heteroatoms. The largest absolute Gasteiger partial charge is 0.322 e. The number of likely N-dealkylation sites (tertiary alicyclic amines) is 1. The van der Waals surface area contributed by atoms with E-state index in [1.807, 2.05) is 13.0 Å². The summed E-state index contributed by atoms with van der Waals surface area (Å²) in [6.45, 7) is 5.07. The van der Waals surface area contributed by atoms with Gasteiger partial charge in [-0.3, -0.25) is 9.69 Å². The first-order valence-corrected chi connectivity index (χ1v) is 8.19. The van der Waals surface area contributed by atoms with Gasteiger partial charge >= 0.3 is 0 Å². The van der Waals surface area contributed by atoms with Crippen LogP contribution in [0.3, 0.4) is 0 Å². The molecule has 0 saturated carbocycles. The van der Waals surface area contributed by atoms with Crippen molar-refractivity contribution in [3.8, 4) is 0 Å². The van der Waals surface area contributed by atoms with Crippen molar-refractivity contribution in [2.45, 2.75) is 26.3 Å². The highest BCUT2D eigenvalue weighted by molar-refractivity contribution is 5.79. The fraction of sp³-hybridized carbons (Fsp3) is 0.421. The van der Waals surface area contributed by atoms with Crippen LogP contribution in [0.1, 0.15) is 24.0 Å². The Hall–Kier alpha value is -1.87. The van der Waals surface area contributed by atoms with Crippen LogP contribution in [-0.2, 0) is 6.54 Å². The molecule has 4 rings (SSSR count). The quantitative estimate of drug-likeness (QED) is 0.863. The van der Waals surface area contributed by atoms with Crippen molar-refractivity contribution < 1.29 is 0 Å². The third-order valence-corrected chi connectivity index (χ3v) is 5.17. The fourth-order valence-corrected chi connectivity index (χ4v) is 3.96. The van der Waals surface area contributed by atoms with Gasteiger partial charge < -0.3 is 4.98 Å². The van der Waals surface area contributed by atoms with Crippen LogP contribution in [0.25, 0.3) is 10.9 Å². The molecule has 0 bridgehead atoms. The van der Waals surface area contributed by atoms with Crippen LogP contribution in [0, 0.1) is 18.8 Å². The minimum atomic E-state index is 0.0612. The monoisotopic (exact) mass is 294 g/mol. The lowest BCUT2D eigenvalue weighted by atomic mass is 9.86. The van der Waals surface area contributed by atoms with E-state index < -0.39 is 0 Å². The first kappa shape index (κ1) is 13.8. The van der Waals surface area contributed by atoms with Gasteiger partial charge in [0.05, 0.1) is 0 Å². The zero-order valence-corrected chi connectivity index (χ0v) is 13.0. The maximum absolute atomic E-state index is 12.4. The summed E-state index contributed by atoms with van der Waals surface area (Å²) in [7, 11) is 0. The molecule has 0 amide bonds. The number of rotatable bonds is 2. The van der Waals surface area contributed by atoms with E-state index in [1.54, 1.807) is 0 Å². The number of aryl methyl sites for hydroxylation is 1.